The third-order valence-corrected chi connectivity index (χ3v) is 4.32. The summed E-state index contributed by atoms with van der Waals surface area (Å²) in [5, 5.41) is 10.9. The summed E-state index contributed by atoms with van der Waals surface area (Å²) in [6.45, 7) is 1.90. The second kappa shape index (κ2) is 5.02. The molecule has 2 aromatic carbocycles. The van der Waals surface area contributed by atoms with E-state index in [1.165, 1.54) is 23.3 Å². The van der Waals surface area contributed by atoms with Gasteiger partial charge in [-0.3, -0.25) is 0 Å². The molecule has 1 N–H and O–H groups in total. The molecular formula is C18H19FO. The largest absolute Gasteiger partial charge is 0.389 e. The predicted molar refractivity (Wildman–Crippen MR) is 78.3 cm³/mol. The van der Waals surface area contributed by atoms with Crippen LogP contribution in [-0.4, -0.2) is 10.7 Å². The Morgan fingerprint density at radius 1 is 1.15 bits per heavy atom. The van der Waals surface area contributed by atoms with Crippen molar-refractivity contribution in [3.8, 4) is 0 Å². The third kappa shape index (κ3) is 2.61. The SMILES string of the molecule is Cc1cc(F)ccc1CC1(O)CCc2ccccc2C1. The monoisotopic (exact) mass is 270 g/mol. The Morgan fingerprint density at radius 2 is 1.90 bits per heavy atom. The Balaban J connectivity index is 1.84. The van der Waals surface area contributed by atoms with E-state index in [1.54, 1.807) is 6.07 Å². The van der Waals surface area contributed by atoms with Crippen LogP contribution in [0.4, 0.5) is 4.39 Å². The Kier molecular flexibility index (Phi) is 3.35. The van der Waals surface area contributed by atoms with Crippen molar-refractivity contribution >= 4 is 0 Å². The lowest BCUT2D eigenvalue weighted by molar-refractivity contribution is 0.0266. The molecule has 0 bridgehead atoms. The minimum atomic E-state index is -0.711. The Hall–Kier alpha value is -1.67. The molecule has 1 aliphatic carbocycles. The second-order valence-electron chi connectivity index (χ2n) is 5.92. The van der Waals surface area contributed by atoms with E-state index in [9.17, 15) is 9.50 Å². The van der Waals surface area contributed by atoms with E-state index in [1.807, 2.05) is 19.1 Å². The first-order chi connectivity index (χ1) is 9.56. The van der Waals surface area contributed by atoms with Crippen molar-refractivity contribution in [1.29, 1.82) is 0 Å². The van der Waals surface area contributed by atoms with E-state index in [0.29, 0.717) is 12.8 Å². The minimum Gasteiger partial charge on any atom is -0.389 e. The van der Waals surface area contributed by atoms with Crippen LogP contribution in [0.3, 0.4) is 0 Å². The molecule has 1 unspecified atom stereocenters. The highest BCUT2D eigenvalue weighted by atomic mass is 19.1. The van der Waals surface area contributed by atoms with Crippen molar-refractivity contribution < 1.29 is 9.50 Å². The molecule has 1 nitrogen and oxygen atoms in total. The molecule has 0 amide bonds. The fourth-order valence-electron chi connectivity index (χ4n) is 3.15. The Morgan fingerprint density at radius 3 is 2.65 bits per heavy atom. The molecule has 20 heavy (non-hydrogen) atoms. The van der Waals surface area contributed by atoms with Crippen LogP contribution in [0.1, 0.15) is 28.7 Å². The first-order valence-corrected chi connectivity index (χ1v) is 7.10. The van der Waals surface area contributed by atoms with Crippen molar-refractivity contribution in [2.24, 2.45) is 0 Å². The third-order valence-electron chi connectivity index (χ3n) is 4.32. The van der Waals surface area contributed by atoms with Gasteiger partial charge in [0.1, 0.15) is 5.82 Å². The molecule has 0 fully saturated rings. The molecule has 0 aliphatic heterocycles. The van der Waals surface area contributed by atoms with E-state index in [0.717, 1.165) is 24.0 Å². The second-order valence-corrected chi connectivity index (χ2v) is 5.92. The van der Waals surface area contributed by atoms with Gasteiger partial charge in [-0.05, 0) is 54.2 Å². The average Bonchev–Trinajstić information content (AvgIpc) is 2.42. The van der Waals surface area contributed by atoms with E-state index in [4.69, 9.17) is 0 Å². The quantitative estimate of drug-likeness (QED) is 0.884. The molecule has 0 aromatic heterocycles. The van der Waals surface area contributed by atoms with E-state index >= 15 is 0 Å². The summed E-state index contributed by atoms with van der Waals surface area (Å²) >= 11 is 0. The van der Waals surface area contributed by atoms with Gasteiger partial charge >= 0.3 is 0 Å². The number of fused-ring (bicyclic) bond motifs is 1. The van der Waals surface area contributed by atoms with Gasteiger partial charge in [0.2, 0.25) is 0 Å². The normalized spacial score (nSPS) is 21.6. The number of rotatable bonds is 2. The molecule has 2 aromatic rings. The zero-order valence-corrected chi connectivity index (χ0v) is 11.7. The first-order valence-electron chi connectivity index (χ1n) is 7.10. The van der Waals surface area contributed by atoms with Crippen molar-refractivity contribution in [1.82, 2.24) is 0 Å². The fraction of sp³-hybridized carbons (Fsp3) is 0.333. The summed E-state index contributed by atoms with van der Waals surface area (Å²) in [7, 11) is 0. The first kappa shape index (κ1) is 13.3. The van der Waals surface area contributed by atoms with Crippen LogP contribution in [-0.2, 0) is 19.3 Å². The maximum atomic E-state index is 13.2. The molecule has 3 rings (SSSR count). The predicted octanol–water partition coefficient (Wildman–Crippen LogP) is 3.60. The summed E-state index contributed by atoms with van der Waals surface area (Å²) < 4.78 is 13.2. The Bertz CT molecular complexity index is 635. The maximum Gasteiger partial charge on any atom is 0.123 e. The lowest BCUT2D eigenvalue weighted by Gasteiger charge is -2.34. The van der Waals surface area contributed by atoms with Crippen LogP contribution < -0.4 is 0 Å². The molecule has 0 radical (unpaired) electrons. The van der Waals surface area contributed by atoms with Crippen LogP contribution >= 0.6 is 0 Å². The number of benzene rings is 2. The van der Waals surface area contributed by atoms with Crippen LogP contribution in [0, 0.1) is 12.7 Å². The summed E-state index contributed by atoms with van der Waals surface area (Å²) in [4.78, 5) is 0. The van der Waals surface area contributed by atoms with Gasteiger partial charge in [0.15, 0.2) is 0 Å². The van der Waals surface area contributed by atoms with Crippen molar-refractivity contribution in [2.75, 3.05) is 0 Å². The number of hydrogen-bond donors (Lipinski definition) is 1. The highest BCUT2D eigenvalue weighted by Gasteiger charge is 2.32. The topological polar surface area (TPSA) is 20.2 Å². The van der Waals surface area contributed by atoms with Gasteiger partial charge in [-0.1, -0.05) is 30.3 Å². The number of halogens is 1. The molecule has 104 valence electrons. The summed E-state index contributed by atoms with van der Waals surface area (Å²) in [6.07, 6.45) is 2.95. The lowest BCUT2D eigenvalue weighted by Crippen LogP contribution is -2.38. The molecule has 0 spiro atoms. The van der Waals surface area contributed by atoms with Crippen LogP contribution in [0.2, 0.25) is 0 Å². The van der Waals surface area contributed by atoms with Crippen molar-refractivity contribution in [2.45, 2.75) is 38.2 Å². The average molecular weight is 270 g/mol. The van der Waals surface area contributed by atoms with Crippen LogP contribution in [0.5, 0.6) is 0 Å². The zero-order chi connectivity index (χ0) is 14.2. The fourth-order valence-corrected chi connectivity index (χ4v) is 3.15. The molecule has 2 heteroatoms. The van der Waals surface area contributed by atoms with Crippen LogP contribution in [0.25, 0.3) is 0 Å². The summed E-state index contributed by atoms with van der Waals surface area (Å²) in [5.74, 6) is -0.216. The van der Waals surface area contributed by atoms with Gasteiger partial charge in [0.05, 0.1) is 5.60 Å². The van der Waals surface area contributed by atoms with Gasteiger partial charge < -0.3 is 5.11 Å². The summed E-state index contributed by atoms with van der Waals surface area (Å²) in [5.41, 5.74) is 3.82. The standard InChI is InChI=1S/C18H19FO/c1-13-10-17(19)7-6-15(13)11-18(20)9-8-14-4-2-3-5-16(14)12-18/h2-7,10,20H,8-9,11-12H2,1H3. The van der Waals surface area contributed by atoms with Crippen LogP contribution in [0.15, 0.2) is 42.5 Å². The minimum absolute atomic E-state index is 0.216. The van der Waals surface area contributed by atoms with Crippen molar-refractivity contribution in [3.05, 3.63) is 70.5 Å². The van der Waals surface area contributed by atoms with Gasteiger partial charge in [0.25, 0.3) is 0 Å². The van der Waals surface area contributed by atoms with E-state index in [2.05, 4.69) is 12.1 Å². The number of hydrogen-bond acceptors (Lipinski definition) is 1. The van der Waals surface area contributed by atoms with Gasteiger partial charge in [-0.15, -0.1) is 0 Å². The maximum absolute atomic E-state index is 13.2. The number of aryl methyl sites for hydroxylation is 2. The zero-order valence-electron chi connectivity index (χ0n) is 11.7. The smallest absolute Gasteiger partial charge is 0.123 e. The molecule has 1 atom stereocenters. The van der Waals surface area contributed by atoms with Gasteiger partial charge in [0, 0.05) is 12.8 Å². The highest BCUT2D eigenvalue weighted by Crippen LogP contribution is 2.32. The van der Waals surface area contributed by atoms with E-state index < -0.39 is 5.60 Å². The van der Waals surface area contributed by atoms with Gasteiger partial charge in [-0.2, -0.15) is 0 Å². The molecule has 1 aliphatic rings. The summed E-state index contributed by atoms with van der Waals surface area (Å²) in [6, 6.07) is 13.1. The molecule has 0 saturated heterocycles. The van der Waals surface area contributed by atoms with Crippen molar-refractivity contribution in [3.63, 3.8) is 0 Å². The highest BCUT2D eigenvalue weighted by molar-refractivity contribution is 5.34. The van der Waals surface area contributed by atoms with Gasteiger partial charge in [-0.25, -0.2) is 4.39 Å². The van der Waals surface area contributed by atoms with E-state index in [-0.39, 0.29) is 5.82 Å². The molecule has 0 saturated carbocycles. The lowest BCUT2D eigenvalue weighted by atomic mass is 9.77. The number of aliphatic hydroxyl groups is 1. The Labute approximate surface area is 119 Å². The molecule has 0 heterocycles. The molecular weight excluding hydrogens is 251 g/mol.